The van der Waals surface area contributed by atoms with Gasteiger partial charge in [0.1, 0.15) is 0 Å². The number of rotatable bonds is 7. The van der Waals surface area contributed by atoms with Crippen LogP contribution in [-0.2, 0) is 19.6 Å². The molecule has 8 heteroatoms. The van der Waals surface area contributed by atoms with Gasteiger partial charge in [-0.05, 0) is 55.2 Å². The number of aromatic nitrogens is 3. The summed E-state index contributed by atoms with van der Waals surface area (Å²) in [4.78, 5) is 47.8. The molecule has 2 unspecified atom stereocenters. The Bertz CT molecular complexity index is 1380. The molecule has 0 bridgehead atoms. The lowest BCUT2D eigenvalue weighted by Gasteiger charge is -2.35. The zero-order valence-electron chi connectivity index (χ0n) is 21.3. The summed E-state index contributed by atoms with van der Waals surface area (Å²) in [6, 6.07) is 10.1. The first-order valence-corrected chi connectivity index (χ1v) is 13.1. The number of piperidine rings is 1. The van der Waals surface area contributed by atoms with Crippen molar-refractivity contribution < 1.29 is 4.79 Å². The van der Waals surface area contributed by atoms with Crippen LogP contribution in [0.1, 0.15) is 73.1 Å². The van der Waals surface area contributed by atoms with Gasteiger partial charge in [0.15, 0.2) is 5.65 Å². The molecule has 3 aromatic rings. The molecule has 36 heavy (non-hydrogen) atoms. The van der Waals surface area contributed by atoms with Gasteiger partial charge >= 0.3 is 5.69 Å². The molecule has 1 saturated heterocycles. The van der Waals surface area contributed by atoms with Gasteiger partial charge in [0.05, 0.1) is 10.9 Å². The Morgan fingerprint density at radius 1 is 1.08 bits per heavy atom. The number of hydrogen-bond acceptors (Lipinski definition) is 5. The highest BCUT2D eigenvalue weighted by Crippen LogP contribution is 2.39. The van der Waals surface area contributed by atoms with Crippen LogP contribution in [-0.4, -0.2) is 38.4 Å². The van der Waals surface area contributed by atoms with Gasteiger partial charge in [-0.2, -0.15) is 0 Å². The predicted molar refractivity (Wildman–Crippen MR) is 140 cm³/mol. The summed E-state index contributed by atoms with van der Waals surface area (Å²) in [5.41, 5.74) is 2.51. The van der Waals surface area contributed by atoms with Gasteiger partial charge in [0.25, 0.3) is 11.5 Å². The SMILES string of the molecule is CCn1c(=O)[nH]c(=O)c2c(C(=O)NCc3ccc(CN4CC(C)CC(C)C4)cc3)cc(C3CC3)nc21. The van der Waals surface area contributed by atoms with Crippen LogP contribution in [0.15, 0.2) is 39.9 Å². The van der Waals surface area contributed by atoms with Crippen molar-refractivity contribution in [2.45, 2.75) is 65.6 Å². The molecule has 1 aromatic carbocycles. The minimum absolute atomic E-state index is 0.165. The molecule has 1 amide bonds. The third-order valence-corrected chi connectivity index (χ3v) is 7.35. The fourth-order valence-corrected chi connectivity index (χ4v) is 5.57. The number of H-pyrrole nitrogens is 1. The standard InChI is InChI=1S/C28H35N5O3/c1-4-33-25-24(27(35)31-28(33)36)22(12-23(30-25)21-9-10-21)26(34)29-13-19-5-7-20(8-6-19)16-32-14-17(2)11-18(3)15-32/h5-8,12,17-18,21H,4,9-11,13-16H2,1-3H3,(H,29,34)(H,31,35,36). The Balaban J connectivity index is 1.33. The summed E-state index contributed by atoms with van der Waals surface area (Å²) in [5, 5.41) is 3.13. The summed E-state index contributed by atoms with van der Waals surface area (Å²) >= 11 is 0. The van der Waals surface area contributed by atoms with E-state index >= 15 is 0 Å². The Labute approximate surface area is 210 Å². The first-order valence-electron chi connectivity index (χ1n) is 13.1. The predicted octanol–water partition coefficient (Wildman–Crippen LogP) is 3.39. The summed E-state index contributed by atoms with van der Waals surface area (Å²) in [6.07, 6.45) is 3.30. The summed E-state index contributed by atoms with van der Waals surface area (Å²) in [5.74, 6) is 1.40. The van der Waals surface area contributed by atoms with Crippen LogP contribution in [0.25, 0.3) is 11.0 Å². The number of likely N-dealkylation sites (tertiary alicyclic amines) is 1. The van der Waals surface area contributed by atoms with Crippen LogP contribution in [0.4, 0.5) is 0 Å². The summed E-state index contributed by atoms with van der Waals surface area (Å²) < 4.78 is 1.42. The molecule has 2 N–H and O–H groups in total. The second-order valence-electron chi connectivity index (χ2n) is 10.7. The molecular weight excluding hydrogens is 454 g/mol. The number of hydrogen-bond donors (Lipinski definition) is 2. The first-order chi connectivity index (χ1) is 17.3. The molecule has 2 fully saturated rings. The lowest BCUT2D eigenvalue weighted by molar-refractivity contribution is 0.0952. The molecule has 2 aromatic heterocycles. The number of aromatic amines is 1. The Kier molecular flexibility index (Phi) is 6.79. The second kappa shape index (κ2) is 10.0. The largest absolute Gasteiger partial charge is 0.348 e. The highest BCUT2D eigenvalue weighted by Gasteiger charge is 2.28. The van der Waals surface area contributed by atoms with Crippen molar-refractivity contribution in [3.05, 3.63) is 73.6 Å². The number of fused-ring (bicyclic) bond motifs is 1. The van der Waals surface area contributed by atoms with Crippen molar-refractivity contribution in [2.24, 2.45) is 11.8 Å². The molecule has 5 rings (SSSR count). The molecule has 190 valence electrons. The average molecular weight is 490 g/mol. The number of benzene rings is 1. The van der Waals surface area contributed by atoms with Gasteiger partial charge < -0.3 is 5.32 Å². The Morgan fingerprint density at radius 3 is 2.39 bits per heavy atom. The fourth-order valence-electron chi connectivity index (χ4n) is 5.57. The van der Waals surface area contributed by atoms with Crippen LogP contribution in [0, 0.1) is 11.8 Å². The van der Waals surface area contributed by atoms with E-state index in [0.717, 1.165) is 55.6 Å². The zero-order valence-corrected chi connectivity index (χ0v) is 21.3. The lowest BCUT2D eigenvalue weighted by atomic mass is 9.91. The zero-order chi connectivity index (χ0) is 25.4. The minimum Gasteiger partial charge on any atom is -0.348 e. The van der Waals surface area contributed by atoms with E-state index in [1.54, 1.807) is 6.07 Å². The van der Waals surface area contributed by atoms with E-state index in [-0.39, 0.29) is 28.4 Å². The third kappa shape index (κ3) is 5.14. The van der Waals surface area contributed by atoms with Crippen molar-refractivity contribution in [3.8, 4) is 0 Å². The van der Waals surface area contributed by atoms with E-state index in [9.17, 15) is 14.4 Å². The van der Waals surface area contributed by atoms with E-state index in [2.05, 4.69) is 46.2 Å². The number of nitrogens with zero attached hydrogens (tertiary/aromatic N) is 3. The van der Waals surface area contributed by atoms with E-state index in [0.29, 0.717) is 13.1 Å². The molecule has 0 radical (unpaired) electrons. The third-order valence-electron chi connectivity index (χ3n) is 7.35. The van der Waals surface area contributed by atoms with Crippen LogP contribution < -0.4 is 16.6 Å². The monoisotopic (exact) mass is 489 g/mol. The maximum Gasteiger partial charge on any atom is 0.329 e. The van der Waals surface area contributed by atoms with E-state index in [1.807, 2.05) is 19.1 Å². The number of nitrogens with one attached hydrogen (secondary N) is 2. The van der Waals surface area contributed by atoms with Crippen LogP contribution >= 0.6 is 0 Å². The van der Waals surface area contributed by atoms with Crippen molar-refractivity contribution in [2.75, 3.05) is 13.1 Å². The van der Waals surface area contributed by atoms with Crippen molar-refractivity contribution in [3.63, 3.8) is 0 Å². The molecule has 2 aliphatic rings. The normalized spacial score (nSPS) is 20.5. The molecule has 1 aliphatic heterocycles. The molecule has 3 heterocycles. The number of carbonyl (C=O) groups is 1. The van der Waals surface area contributed by atoms with Crippen LogP contribution in [0.3, 0.4) is 0 Å². The molecule has 0 spiro atoms. The highest BCUT2D eigenvalue weighted by molar-refractivity contribution is 6.05. The van der Waals surface area contributed by atoms with Gasteiger partial charge in [-0.1, -0.05) is 38.1 Å². The molecule has 1 aliphatic carbocycles. The van der Waals surface area contributed by atoms with E-state index < -0.39 is 11.2 Å². The smallest absolute Gasteiger partial charge is 0.329 e. The maximum absolute atomic E-state index is 13.3. The lowest BCUT2D eigenvalue weighted by Crippen LogP contribution is -2.38. The number of amides is 1. The van der Waals surface area contributed by atoms with Crippen molar-refractivity contribution in [1.29, 1.82) is 0 Å². The second-order valence-corrected chi connectivity index (χ2v) is 10.7. The van der Waals surface area contributed by atoms with Gasteiger partial charge in [0, 0.05) is 44.3 Å². The maximum atomic E-state index is 13.3. The van der Waals surface area contributed by atoms with Crippen molar-refractivity contribution in [1.82, 2.24) is 24.8 Å². The molecular formula is C28H35N5O3. The Hall–Kier alpha value is -3.26. The fraction of sp³-hybridized carbons (Fsp3) is 0.500. The van der Waals surface area contributed by atoms with Gasteiger partial charge in [-0.3, -0.25) is 24.0 Å². The quantitative estimate of drug-likeness (QED) is 0.530. The molecule has 2 atom stereocenters. The van der Waals surface area contributed by atoms with E-state index in [4.69, 9.17) is 0 Å². The van der Waals surface area contributed by atoms with Gasteiger partial charge in [0.2, 0.25) is 0 Å². The average Bonchev–Trinajstić information content (AvgIpc) is 3.68. The summed E-state index contributed by atoms with van der Waals surface area (Å²) in [6.45, 7) is 10.4. The summed E-state index contributed by atoms with van der Waals surface area (Å²) in [7, 11) is 0. The number of pyridine rings is 1. The topological polar surface area (TPSA) is 100 Å². The van der Waals surface area contributed by atoms with Crippen molar-refractivity contribution >= 4 is 16.9 Å². The number of aryl methyl sites for hydroxylation is 1. The van der Waals surface area contributed by atoms with Crippen LogP contribution in [0.2, 0.25) is 0 Å². The van der Waals surface area contributed by atoms with Crippen LogP contribution in [0.5, 0.6) is 0 Å². The molecule has 8 nitrogen and oxygen atoms in total. The molecule has 1 saturated carbocycles. The van der Waals surface area contributed by atoms with Gasteiger partial charge in [-0.15, -0.1) is 0 Å². The van der Waals surface area contributed by atoms with Gasteiger partial charge in [-0.25, -0.2) is 9.78 Å². The highest BCUT2D eigenvalue weighted by atomic mass is 16.2. The van der Waals surface area contributed by atoms with E-state index in [1.165, 1.54) is 16.6 Å². The first kappa shape index (κ1) is 24.4. The minimum atomic E-state index is -0.578. The number of carbonyl (C=O) groups excluding carboxylic acids is 1. The Morgan fingerprint density at radius 2 is 1.75 bits per heavy atom.